The molecule has 4 heteroatoms. The summed E-state index contributed by atoms with van der Waals surface area (Å²) in [5.74, 6) is -0.497. The number of aromatic nitrogens is 1. The Morgan fingerprint density at radius 1 is 1.21 bits per heavy atom. The van der Waals surface area contributed by atoms with Crippen LogP contribution in [0, 0.1) is 0 Å². The molecule has 1 aromatic heterocycles. The molecule has 0 saturated carbocycles. The zero-order valence-electron chi connectivity index (χ0n) is 11.0. The molecular weight excluding hydrogens is 256 g/mol. The number of amides is 1. The van der Waals surface area contributed by atoms with E-state index in [-0.39, 0.29) is 0 Å². The van der Waals surface area contributed by atoms with Gasteiger partial charge in [-0.2, -0.15) is 0 Å². The highest BCUT2D eigenvalue weighted by Crippen LogP contribution is 2.27. The van der Waals surface area contributed by atoms with E-state index in [2.05, 4.69) is 18.8 Å². The number of nitrogens with two attached hydrogens (primary N) is 1. The third-order valence-corrected chi connectivity index (χ3v) is 3.47. The van der Waals surface area contributed by atoms with Crippen LogP contribution in [0.5, 0.6) is 0 Å². The molecule has 0 saturated heterocycles. The van der Waals surface area contributed by atoms with Crippen LogP contribution in [-0.2, 0) is 0 Å². The van der Waals surface area contributed by atoms with Crippen molar-refractivity contribution in [2.24, 2.45) is 5.73 Å². The van der Waals surface area contributed by atoms with E-state index < -0.39 is 5.91 Å². The van der Waals surface area contributed by atoms with Crippen molar-refractivity contribution >= 4 is 17.7 Å². The summed E-state index contributed by atoms with van der Waals surface area (Å²) in [6.45, 7) is 4.22. The molecule has 1 amide bonds. The van der Waals surface area contributed by atoms with E-state index in [0.717, 1.165) is 16.2 Å². The first kappa shape index (κ1) is 13.6. The van der Waals surface area contributed by atoms with Gasteiger partial charge in [0.2, 0.25) is 0 Å². The normalized spacial score (nSPS) is 10.7. The Labute approximate surface area is 117 Å². The number of benzene rings is 1. The van der Waals surface area contributed by atoms with Crippen LogP contribution in [0.3, 0.4) is 0 Å². The monoisotopic (exact) mass is 272 g/mol. The molecule has 0 unspecified atom stereocenters. The maximum Gasteiger partial charge on any atom is 0.267 e. The molecule has 0 radical (unpaired) electrons. The average molecular weight is 272 g/mol. The van der Waals surface area contributed by atoms with E-state index >= 15 is 0 Å². The van der Waals surface area contributed by atoms with E-state index in [4.69, 9.17) is 5.73 Å². The second-order valence-corrected chi connectivity index (χ2v) is 6.12. The first-order valence-corrected chi connectivity index (χ1v) is 6.98. The molecule has 0 fully saturated rings. The Hall–Kier alpha value is -1.81. The fraction of sp³-hybridized carbons (Fsp3) is 0.200. The van der Waals surface area contributed by atoms with Crippen LogP contribution in [0.2, 0.25) is 0 Å². The molecule has 2 aromatic rings. The van der Waals surface area contributed by atoms with E-state index in [0.29, 0.717) is 10.9 Å². The molecule has 2 rings (SSSR count). The Morgan fingerprint density at radius 2 is 1.89 bits per heavy atom. The molecule has 0 aliphatic heterocycles. The van der Waals surface area contributed by atoms with Gasteiger partial charge >= 0.3 is 0 Å². The lowest BCUT2D eigenvalue weighted by molar-refractivity contribution is 0.0995. The lowest BCUT2D eigenvalue weighted by Crippen LogP contribution is -2.13. The van der Waals surface area contributed by atoms with Crippen LogP contribution in [0.1, 0.15) is 24.3 Å². The lowest BCUT2D eigenvalue weighted by atomic mass is 10.1. The molecule has 0 aliphatic rings. The molecule has 0 atom stereocenters. The third kappa shape index (κ3) is 3.58. The van der Waals surface area contributed by atoms with Gasteiger partial charge in [-0.05, 0) is 12.1 Å². The van der Waals surface area contributed by atoms with Crippen molar-refractivity contribution in [2.75, 3.05) is 0 Å². The number of thioether (sulfide) groups is 1. The van der Waals surface area contributed by atoms with Crippen LogP contribution >= 0.6 is 11.8 Å². The molecule has 3 nitrogen and oxygen atoms in total. The van der Waals surface area contributed by atoms with E-state index in [1.54, 1.807) is 17.8 Å². The Morgan fingerprint density at radius 3 is 2.47 bits per heavy atom. The van der Waals surface area contributed by atoms with Gasteiger partial charge in [-0.25, -0.2) is 4.98 Å². The van der Waals surface area contributed by atoms with Gasteiger partial charge in [0.05, 0.1) is 5.69 Å². The molecule has 0 bridgehead atoms. The SMILES string of the molecule is CC(C)Sc1cc(C(N)=O)nc(-c2ccccc2)c1. The van der Waals surface area contributed by atoms with Crippen LogP contribution < -0.4 is 5.73 Å². The van der Waals surface area contributed by atoms with Crippen molar-refractivity contribution in [3.63, 3.8) is 0 Å². The molecule has 98 valence electrons. The lowest BCUT2D eigenvalue weighted by Gasteiger charge is -2.09. The third-order valence-electron chi connectivity index (χ3n) is 2.49. The number of rotatable bonds is 4. The second kappa shape index (κ2) is 5.89. The summed E-state index contributed by atoms with van der Waals surface area (Å²) in [4.78, 5) is 16.7. The summed E-state index contributed by atoms with van der Waals surface area (Å²) < 4.78 is 0. The van der Waals surface area contributed by atoms with Gasteiger partial charge < -0.3 is 5.73 Å². The standard InChI is InChI=1S/C15H16N2OS/c1-10(2)19-12-8-13(11-6-4-3-5-7-11)17-14(9-12)15(16)18/h3-10H,1-2H3,(H2,16,18). The number of carbonyl (C=O) groups is 1. The van der Waals surface area contributed by atoms with Gasteiger partial charge in [-0.1, -0.05) is 44.2 Å². The highest BCUT2D eigenvalue weighted by molar-refractivity contribution is 7.99. The highest BCUT2D eigenvalue weighted by atomic mass is 32.2. The van der Waals surface area contributed by atoms with Crippen molar-refractivity contribution in [3.05, 3.63) is 48.2 Å². The fourth-order valence-electron chi connectivity index (χ4n) is 1.73. The van der Waals surface area contributed by atoms with Gasteiger partial charge in [0.25, 0.3) is 5.91 Å². The zero-order valence-corrected chi connectivity index (χ0v) is 11.8. The van der Waals surface area contributed by atoms with E-state index in [1.165, 1.54) is 0 Å². The number of hydrogen-bond donors (Lipinski definition) is 1. The van der Waals surface area contributed by atoms with Crippen molar-refractivity contribution in [2.45, 2.75) is 24.0 Å². The quantitative estimate of drug-likeness (QED) is 0.868. The smallest absolute Gasteiger partial charge is 0.267 e. The summed E-state index contributed by atoms with van der Waals surface area (Å²) in [6.07, 6.45) is 0. The summed E-state index contributed by atoms with van der Waals surface area (Å²) in [5, 5.41) is 0.437. The molecule has 1 aromatic carbocycles. The fourth-order valence-corrected chi connectivity index (χ4v) is 2.63. The predicted molar refractivity (Wildman–Crippen MR) is 79.2 cm³/mol. The second-order valence-electron chi connectivity index (χ2n) is 4.47. The number of primary amides is 1. The molecular formula is C15H16N2OS. The minimum atomic E-state index is -0.497. The Kier molecular flexibility index (Phi) is 4.22. The van der Waals surface area contributed by atoms with Gasteiger partial charge in [0, 0.05) is 15.7 Å². The Bertz CT molecular complexity index is 582. The van der Waals surface area contributed by atoms with Crippen molar-refractivity contribution in [1.29, 1.82) is 0 Å². The number of carbonyl (C=O) groups excluding carboxylic acids is 1. The van der Waals surface area contributed by atoms with Gasteiger partial charge in [-0.3, -0.25) is 4.79 Å². The van der Waals surface area contributed by atoms with E-state index in [9.17, 15) is 4.79 Å². The van der Waals surface area contributed by atoms with Crippen LogP contribution in [0.4, 0.5) is 0 Å². The van der Waals surface area contributed by atoms with Crippen molar-refractivity contribution in [3.8, 4) is 11.3 Å². The van der Waals surface area contributed by atoms with Crippen molar-refractivity contribution < 1.29 is 4.79 Å². The first-order valence-electron chi connectivity index (χ1n) is 6.10. The Balaban J connectivity index is 2.48. The van der Waals surface area contributed by atoms with Gasteiger partial charge in [-0.15, -0.1) is 11.8 Å². The summed E-state index contributed by atoms with van der Waals surface area (Å²) in [6, 6.07) is 13.5. The summed E-state index contributed by atoms with van der Waals surface area (Å²) >= 11 is 1.69. The molecule has 19 heavy (non-hydrogen) atoms. The molecule has 2 N–H and O–H groups in total. The predicted octanol–water partition coefficient (Wildman–Crippen LogP) is 3.35. The number of hydrogen-bond acceptors (Lipinski definition) is 3. The minimum Gasteiger partial charge on any atom is -0.364 e. The highest BCUT2D eigenvalue weighted by Gasteiger charge is 2.10. The zero-order chi connectivity index (χ0) is 13.8. The summed E-state index contributed by atoms with van der Waals surface area (Å²) in [7, 11) is 0. The molecule has 0 spiro atoms. The number of nitrogens with zero attached hydrogens (tertiary/aromatic N) is 1. The average Bonchev–Trinajstić information content (AvgIpc) is 2.38. The summed E-state index contributed by atoms with van der Waals surface area (Å²) in [5.41, 5.74) is 7.42. The molecule has 0 aliphatic carbocycles. The maximum atomic E-state index is 11.4. The molecule has 1 heterocycles. The van der Waals surface area contributed by atoms with Crippen LogP contribution in [0.15, 0.2) is 47.4 Å². The van der Waals surface area contributed by atoms with Crippen LogP contribution in [-0.4, -0.2) is 16.1 Å². The number of pyridine rings is 1. The van der Waals surface area contributed by atoms with Crippen LogP contribution in [0.25, 0.3) is 11.3 Å². The van der Waals surface area contributed by atoms with Gasteiger partial charge in [0.15, 0.2) is 0 Å². The largest absolute Gasteiger partial charge is 0.364 e. The van der Waals surface area contributed by atoms with Gasteiger partial charge in [0.1, 0.15) is 5.69 Å². The minimum absolute atomic E-state index is 0.310. The van der Waals surface area contributed by atoms with Crippen molar-refractivity contribution in [1.82, 2.24) is 4.98 Å². The van der Waals surface area contributed by atoms with E-state index in [1.807, 2.05) is 36.4 Å². The topological polar surface area (TPSA) is 56.0 Å². The maximum absolute atomic E-state index is 11.4. The first-order chi connectivity index (χ1) is 9.06.